The van der Waals surface area contributed by atoms with E-state index in [1.54, 1.807) is 35.7 Å². The number of carbonyl (C=O) groups excluding carboxylic acids is 2. The highest BCUT2D eigenvalue weighted by molar-refractivity contribution is 7.08. The van der Waals surface area contributed by atoms with Crippen molar-refractivity contribution in [3.05, 3.63) is 51.7 Å². The lowest BCUT2D eigenvalue weighted by Crippen LogP contribution is -2.27. The van der Waals surface area contributed by atoms with Crippen molar-refractivity contribution in [2.24, 2.45) is 0 Å². The number of nitrogens with one attached hydrogen (secondary N) is 2. The van der Waals surface area contributed by atoms with Gasteiger partial charge in [-0.15, -0.1) is 0 Å². The molecule has 0 aliphatic carbocycles. The van der Waals surface area contributed by atoms with Crippen molar-refractivity contribution in [1.29, 1.82) is 0 Å². The van der Waals surface area contributed by atoms with Crippen LogP contribution in [0.3, 0.4) is 0 Å². The molecule has 2 N–H and O–H groups in total. The number of rotatable bonds is 5. The lowest BCUT2D eigenvalue weighted by atomic mass is 10.3. The fraction of sp³-hybridized carbons (Fsp3) is 0.143. The molecule has 20 heavy (non-hydrogen) atoms. The molecule has 0 radical (unpaired) electrons. The molecule has 0 saturated heterocycles. The van der Waals surface area contributed by atoms with E-state index in [0.29, 0.717) is 22.8 Å². The zero-order valence-corrected chi connectivity index (χ0v) is 12.1. The van der Waals surface area contributed by atoms with Crippen LogP contribution in [0, 0.1) is 0 Å². The summed E-state index contributed by atoms with van der Waals surface area (Å²) < 4.78 is 0. The molecular weight excluding hydrogens is 296 g/mol. The standard InChI is InChI=1S/C14H13ClN2O2S/c15-11-2-1-3-12(8-11)17-13(18)4-6-16-14(19)10-5-7-20-9-10/h1-3,5,7-9H,4,6H2,(H,16,19)(H,17,18). The van der Waals surface area contributed by atoms with E-state index in [4.69, 9.17) is 11.6 Å². The Hall–Kier alpha value is -1.85. The molecule has 0 aliphatic rings. The largest absolute Gasteiger partial charge is 0.351 e. The molecule has 6 heteroatoms. The van der Waals surface area contributed by atoms with Crippen molar-refractivity contribution < 1.29 is 9.59 Å². The quantitative estimate of drug-likeness (QED) is 0.891. The number of benzene rings is 1. The van der Waals surface area contributed by atoms with Crippen molar-refractivity contribution >= 4 is 40.4 Å². The molecule has 0 aliphatic heterocycles. The molecule has 1 aromatic carbocycles. The van der Waals surface area contributed by atoms with Gasteiger partial charge in [-0.3, -0.25) is 9.59 Å². The third-order valence-electron chi connectivity index (χ3n) is 2.53. The number of halogens is 1. The van der Waals surface area contributed by atoms with E-state index in [1.807, 2.05) is 5.38 Å². The van der Waals surface area contributed by atoms with Crippen LogP contribution in [-0.4, -0.2) is 18.4 Å². The van der Waals surface area contributed by atoms with Gasteiger partial charge >= 0.3 is 0 Å². The van der Waals surface area contributed by atoms with Gasteiger partial charge in [0.05, 0.1) is 0 Å². The minimum Gasteiger partial charge on any atom is -0.351 e. The topological polar surface area (TPSA) is 58.2 Å². The molecule has 0 unspecified atom stereocenters. The van der Waals surface area contributed by atoms with E-state index in [9.17, 15) is 9.59 Å². The Morgan fingerprint density at radius 1 is 1.25 bits per heavy atom. The average Bonchev–Trinajstić information content (AvgIpc) is 2.92. The average molecular weight is 309 g/mol. The van der Waals surface area contributed by atoms with Gasteiger partial charge in [0.15, 0.2) is 0 Å². The predicted molar refractivity (Wildman–Crippen MR) is 81.4 cm³/mol. The lowest BCUT2D eigenvalue weighted by Gasteiger charge is -2.06. The first-order valence-electron chi connectivity index (χ1n) is 6.01. The van der Waals surface area contributed by atoms with Crippen LogP contribution < -0.4 is 10.6 Å². The molecule has 0 saturated carbocycles. The van der Waals surface area contributed by atoms with E-state index in [0.717, 1.165) is 0 Å². The number of hydrogen-bond donors (Lipinski definition) is 2. The van der Waals surface area contributed by atoms with E-state index in [1.165, 1.54) is 11.3 Å². The maximum absolute atomic E-state index is 11.7. The summed E-state index contributed by atoms with van der Waals surface area (Å²) in [7, 11) is 0. The molecular formula is C14H13ClN2O2S. The number of thiophene rings is 1. The molecule has 0 spiro atoms. The van der Waals surface area contributed by atoms with Crippen LogP contribution in [0.4, 0.5) is 5.69 Å². The summed E-state index contributed by atoms with van der Waals surface area (Å²) in [5.41, 5.74) is 1.26. The molecule has 104 valence electrons. The molecule has 0 fully saturated rings. The first kappa shape index (κ1) is 14.6. The van der Waals surface area contributed by atoms with Gasteiger partial charge in [0, 0.05) is 34.6 Å². The van der Waals surface area contributed by atoms with Crippen LogP contribution >= 0.6 is 22.9 Å². The van der Waals surface area contributed by atoms with Crippen molar-refractivity contribution in [2.45, 2.75) is 6.42 Å². The normalized spacial score (nSPS) is 10.1. The third-order valence-corrected chi connectivity index (χ3v) is 3.45. The smallest absolute Gasteiger partial charge is 0.252 e. The minimum absolute atomic E-state index is 0.165. The van der Waals surface area contributed by atoms with Gasteiger partial charge in [-0.1, -0.05) is 17.7 Å². The highest BCUT2D eigenvalue weighted by Crippen LogP contribution is 2.14. The van der Waals surface area contributed by atoms with E-state index >= 15 is 0 Å². The van der Waals surface area contributed by atoms with Gasteiger partial charge < -0.3 is 10.6 Å². The summed E-state index contributed by atoms with van der Waals surface area (Å²) >= 11 is 7.28. The Bertz CT molecular complexity index is 599. The predicted octanol–water partition coefficient (Wildman–Crippen LogP) is 3.16. The van der Waals surface area contributed by atoms with Gasteiger partial charge in [0.2, 0.25) is 5.91 Å². The Labute approximate surface area is 125 Å². The number of amides is 2. The van der Waals surface area contributed by atoms with Crippen LogP contribution in [0.2, 0.25) is 5.02 Å². The van der Waals surface area contributed by atoms with Crippen molar-refractivity contribution in [2.75, 3.05) is 11.9 Å². The number of anilines is 1. The van der Waals surface area contributed by atoms with Crippen LogP contribution in [-0.2, 0) is 4.79 Å². The molecule has 1 aromatic heterocycles. The number of carbonyl (C=O) groups is 2. The van der Waals surface area contributed by atoms with Crippen molar-refractivity contribution in [1.82, 2.24) is 5.32 Å². The fourth-order valence-electron chi connectivity index (χ4n) is 1.58. The Balaban J connectivity index is 1.74. The van der Waals surface area contributed by atoms with Crippen molar-refractivity contribution in [3.8, 4) is 0 Å². The third kappa shape index (κ3) is 4.36. The molecule has 2 aromatic rings. The SMILES string of the molecule is O=C(CCNC(=O)c1ccsc1)Nc1cccc(Cl)c1. The summed E-state index contributed by atoms with van der Waals surface area (Å²) in [6.07, 6.45) is 0.211. The van der Waals surface area contributed by atoms with Gasteiger partial charge in [-0.25, -0.2) is 0 Å². The van der Waals surface area contributed by atoms with Crippen LogP contribution in [0.5, 0.6) is 0 Å². The molecule has 1 heterocycles. The minimum atomic E-state index is -0.169. The Kier molecular flexibility index (Phi) is 5.15. The molecule has 0 atom stereocenters. The molecule has 4 nitrogen and oxygen atoms in total. The summed E-state index contributed by atoms with van der Waals surface area (Å²) in [5.74, 6) is -0.334. The molecule has 2 amide bonds. The lowest BCUT2D eigenvalue weighted by molar-refractivity contribution is -0.116. The van der Waals surface area contributed by atoms with E-state index < -0.39 is 0 Å². The maximum Gasteiger partial charge on any atom is 0.252 e. The zero-order valence-electron chi connectivity index (χ0n) is 10.6. The summed E-state index contributed by atoms with van der Waals surface area (Å²) in [6.45, 7) is 0.293. The highest BCUT2D eigenvalue weighted by atomic mass is 35.5. The first-order chi connectivity index (χ1) is 9.65. The Morgan fingerprint density at radius 3 is 2.80 bits per heavy atom. The molecule has 0 bridgehead atoms. The monoisotopic (exact) mass is 308 g/mol. The maximum atomic E-state index is 11.7. The van der Waals surface area contributed by atoms with E-state index in [-0.39, 0.29) is 18.2 Å². The first-order valence-corrected chi connectivity index (χ1v) is 7.33. The summed E-state index contributed by atoms with van der Waals surface area (Å²) in [4.78, 5) is 23.3. The second-order valence-electron chi connectivity index (χ2n) is 4.08. The zero-order chi connectivity index (χ0) is 14.4. The highest BCUT2D eigenvalue weighted by Gasteiger charge is 2.07. The van der Waals surface area contributed by atoms with Gasteiger partial charge in [-0.05, 0) is 29.6 Å². The van der Waals surface area contributed by atoms with Crippen LogP contribution in [0.25, 0.3) is 0 Å². The van der Waals surface area contributed by atoms with Crippen molar-refractivity contribution in [3.63, 3.8) is 0 Å². The van der Waals surface area contributed by atoms with Gasteiger partial charge in [0.1, 0.15) is 0 Å². The van der Waals surface area contributed by atoms with Gasteiger partial charge in [-0.2, -0.15) is 11.3 Å². The number of hydrogen-bond acceptors (Lipinski definition) is 3. The van der Waals surface area contributed by atoms with Gasteiger partial charge in [0.25, 0.3) is 5.91 Å². The second kappa shape index (κ2) is 7.07. The fourth-order valence-corrected chi connectivity index (χ4v) is 2.40. The van der Waals surface area contributed by atoms with E-state index in [2.05, 4.69) is 10.6 Å². The van der Waals surface area contributed by atoms with Crippen LogP contribution in [0.15, 0.2) is 41.1 Å². The Morgan fingerprint density at radius 2 is 2.10 bits per heavy atom. The van der Waals surface area contributed by atoms with Crippen LogP contribution in [0.1, 0.15) is 16.8 Å². The summed E-state index contributed by atoms with van der Waals surface area (Å²) in [6, 6.07) is 8.66. The second-order valence-corrected chi connectivity index (χ2v) is 5.29. The summed E-state index contributed by atoms with van der Waals surface area (Å²) in [5, 5.41) is 9.58. The molecule has 2 rings (SSSR count).